The number of carbonyl (C=O) groups is 1. The van der Waals surface area contributed by atoms with E-state index in [9.17, 15) is 4.79 Å². The third-order valence-corrected chi connectivity index (χ3v) is 4.11. The van der Waals surface area contributed by atoms with Crippen LogP contribution in [0.25, 0.3) is 0 Å². The van der Waals surface area contributed by atoms with Crippen molar-refractivity contribution in [3.63, 3.8) is 0 Å². The van der Waals surface area contributed by atoms with Gasteiger partial charge >= 0.3 is 0 Å². The molecule has 1 saturated carbocycles. The fourth-order valence-corrected chi connectivity index (χ4v) is 2.40. The second kappa shape index (κ2) is 4.63. The van der Waals surface area contributed by atoms with Crippen LogP contribution in [-0.2, 0) is 10.2 Å². The van der Waals surface area contributed by atoms with Gasteiger partial charge in [-0.1, -0.05) is 12.1 Å². The monoisotopic (exact) mass is 246 g/mol. The zero-order valence-corrected chi connectivity index (χ0v) is 11.4. The number of benzene rings is 1. The Balaban J connectivity index is 2.18. The first-order chi connectivity index (χ1) is 8.43. The van der Waals surface area contributed by atoms with E-state index in [1.807, 2.05) is 50.1 Å². The first kappa shape index (κ1) is 12.9. The number of nitrogen functional groups attached to an aromatic ring is 1. The fourth-order valence-electron chi connectivity index (χ4n) is 2.40. The highest BCUT2D eigenvalue weighted by molar-refractivity contribution is 5.87. The first-order valence-corrected chi connectivity index (χ1v) is 6.56. The molecule has 1 fully saturated rings. The number of carbonyl (C=O) groups excluding carboxylic acids is 1. The number of nitrogens with two attached hydrogens (primary N) is 1. The van der Waals surface area contributed by atoms with Crippen molar-refractivity contribution in [3.8, 4) is 0 Å². The highest BCUT2D eigenvalue weighted by atomic mass is 16.2. The van der Waals surface area contributed by atoms with Crippen LogP contribution in [-0.4, -0.2) is 23.9 Å². The van der Waals surface area contributed by atoms with Crippen molar-refractivity contribution in [1.82, 2.24) is 4.90 Å². The van der Waals surface area contributed by atoms with Crippen molar-refractivity contribution in [1.29, 1.82) is 0 Å². The average Bonchev–Trinajstić information content (AvgIpc) is 2.26. The maximum absolute atomic E-state index is 12.6. The van der Waals surface area contributed by atoms with Crippen LogP contribution >= 0.6 is 0 Å². The second-order valence-corrected chi connectivity index (χ2v) is 5.75. The summed E-state index contributed by atoms with van der Waals surface area (Å²) >= 11 is 0. The number of amides is 1. The van der Waals surface area contributed by atoms with E-state index in [1.54, 1.807) is 0 Å². The molecule has 0 heterocycles. The van der Waals surface area contributed by atoms with Crippen LogP contribution in [0.4, 0.5) is 5.69 Å². The van der Waals surface area contributed by atoms with Crippen molar-refractivity contribution in [2.75, 3.05) is 12.8 Å². The van der Waals surface area contributed by atoms with Crippen LogP contribution in [0, 0.1) is 0 Å². The lowest BCUT2D eigenvalue weighted by atomic mass is 9.81. The molecule has 0 bridgehead atoms. The number of likely N-dealkylation sites (N-methyl/N-ethyl adjacent to an activating group) is 1. The summed E-state index contributed by atoms with van der Waals surface area (Å²) in [6, 6.07) is 8.04. The Labute approximate surface area is 109 Å². The number of hydrogen-bond acceptors (Lipinski definition) is 2. The Bertz CT molecular complexity index is 432. The highest BCUT2D eigenvalue weighted by Crippen LogP contribution is 2.30. The zero-order valence-electron chi connectivity index (χ0n) is 11.4. The third kappa shape index (κ3) is 2.22. The standard InChI is InChI=1S/C15H22N2O/c1-15(2,11-7-9-12(16)10-8-11)14(18)17(3)13-5-4-6-13/h7-10,13H,4-6,16H2,1-3H3. The molecule has 0 saturated heterocycles. The Morgan fingerprint density at radius 1 is 1.28 bits per heavy atom. The topological polar surface area (TPSA) is 46.3 Å². The molecule has 0 radical (unpaired) electrons. The normalized spacial score (nSPS) is 16.2. The lowest BCUT2D eigenvalue weighted by Crippen LogP contribution is -2.48. The molecule has 0 aromatic heterocycles. The summed E-state index contributed by atoms with van der Waals surface area (Å²) in [5.74, 6) is 0.192. The summed E-state index contributed by atoms with van der Waals surface area (Å²) in [6.45, 7) is 3.96. The van der Waals surface area contributed by atoms with E-state index in [1.165, 1.54) is 6.42 Å². The minimum Gasteiger partial charge on any atom is -0.399 e. The maximum atomic E-state index is 12.6. The maximum Gasteiger partial charge on any atom is 0.232 e. The lowest BCUT2D eigenvalue weighted by Gasteiger charge is -2.39. The Morgan fingerprint density at radius 3 is 2.28 bits per heavy atom. The second-order valence-electron chi connectivity index (χ2n) is 5.75. The minimum absolute atomic E-state index is 0.192. The predicted molar refractivity (Wildman–Crippen MR) is 74.3 cm³/mol. The van der Waals surface area contributed by atoms with Crippen molar-refractivity contribution in [3.05, 3.63) is 29.8 Å². The van der Waals surface area contributed by atoms with Crippen molar-refractivity contribution >= 4 is 11.6 Å². The average molecular weight is 246 g/mol. The molecule has 2 rings (SSSR count). The van der Waals surface area contributed by atoms with Gasteiger partial charge in [0.05, 0.1) is 5.41 Å². The molecule has 0 atom stereocenters. The van der Waals surface area contributed by atoms with Gasteiger partial charge in [-0.3, -0.25) is 4.79 Å². The lowest BCUT2D eigenvalue weighted by molar-refractivity contribution is -0.138. The highest BCUT2D eigenvalue weighted by Gasteiger charge is 2.36. The van der Waals surface area contributed by atoms with Crippen LogP contribution in [0.15, 0.2) is 24.3 Å². The molecule has 0 spiro atoms. The molecule has 0 aliphatic heterocycles. The Morgan fingerprint density at radius 2 is 1.83 bits per heavy atom. The van der Waals surface area contributed by atoms with E-state index in [-0.39, 0.29) is 5.91 Å². The van der Waals surface area contributed by atoms with Crippen LogP contribution in [0.2, 0.25) is 0 Å². The van der Waals surface area contributed by atoms with E-state index in [0.29, 0.717) is 6.04 Å². The Hall–Kier alpha value is -1.51. The number of hydrogen-bond donors (Lipinski definition) is 1. The van der Waals surface area contributed by atoms with Crippen LogP contribution < -0.4 is 5.73 Å². The van der Waals surface area contributed by atoms with Gasteiger partial charge in [0.2, 0.25) is 5.91 Å². The molecule has 1 aromatic carbocycles. The van der Waals surface area contributed by atoms with Crippen LogP contribution in [0.3, 0.4) is 0 Å². The van der Waals surface area contributed by atoms with Crippen molar-refractivity contribution in [2.45, 2.75) is 44.6 Å². The summed E-state index contributed by atoms with van der Waals surface area (Å²) in [7, 11) is 1.92. The van der Waals surface area contributed by atoms with Crippen molar-refractivity contribution in [2.24, 2.45) is 0 Å². The molecule has 2 N–H and O–H groups in total. The van der Waals surface area contributed by atoms with Crippen molar-refractivity contribution < 1.29 is 4.79 Å². The molecule has 18 heavy (non-hydrogen) atoms. The smallest absolute Gasteiger partial charge is 0.232 e. The quantitative estimate of drug-likeness (QED) is 0.833. The molecule has 98 valence electrons. The number of rotatable bonds is 3. The van der Waals surface area contributed by atoms with E-state index >= 15 is 0 Å². The molecule has 1 aliphatic rings. The van der Waals surface area contributed by atoms with Gasteiger partial charge in [0.1, 0.15) is 0 Å². The summed E-state index contributed by atoms with van der Waals surface area (Å²) in [5, 5.41) is 0. The number of anilines is 1. The molecule has 1 aliphatic carbocycles. The molecule has 1 amide bonds. The first-order valence-electron chi connectivity index (χ1n) is 6.56. The summed E-state index contributed by atoms with van der Waals surface area (Å²) < 4.78 is 0. The molecule has 3 heteroatoms. The predicted octanol–water partition coefficient (Wildman–Crippen LogP) is 2.56. The van der Waals surface area contributed by atoms with Gasteiger partial charge in [-0.2, -0.15) is 0 Å². The van der Waals surface area contributed by atoms with E-state index in [2.05, 4.69) is 0 Å². The minimum atomic E-state index is -0.488. The molecule has 1 aromatic rings. The summed E-state index contributed by atoms with van der Waals surface area (Å²) in [6.07, 6.45) is 3.52. The van der Waals surface area contributed by atoms with E-state index in [4.69, 9.17) is 5.73 Å². The van der Waals surface area contributed by atoms with Gasteiger partial charge in [-0.05, 0) is 50.8 Å². The van der Waals surface area contributed by atoms with Gasteiger partial charge in [0.15, 0.2) is 0 Å². The van der Waals surface area contributed by atoms with E-state index < -0.39 is 5.41 Å². The fraction of sp³-hybridized carbons (Fsp3) is 0.533. The number of nitrogens with zero attached hydrogens (tertiary/aromatic N) is 1. The Kier molecular flexibility index (Phi) is 3.33. The van der Waals surface area contributed by atoms with Gasteiger partial charge in [-0.25, -0.2) is 0 Å². The SMILES string of the molecule is CN(C(=O)C(C)(C)c1ccc(N)cc1)C1CCC1. The third-order valence-electron chi connectivity index (χ3n) is 4.11. The van der Waals surface area contributed by atoms with Gasteiger partial charge < -0.3 is 10.6 Å². The van der Waals surface area contributed by atoms with E-state index in [0.717, 1.165) is 24.1 Å². The van der Waals surface area contributed by atoms with Gasteiger partial charge in [0, 0.05) is 18.8 Å². The molecule has 0 unspecified atom stereocenters. The van der Waals surface area contributed by atoms with Crippen LogP contribution in [0.5, 0.6) is 0 Å². The van der Waals surface area contributed by atoms with Crippen LogP contribution in [0.1, 0.15) is 38.7 Å². The summed E-state index contributed by atoms with van der Waals surface area (Å²) in [5.41, 5.74) is 6.95. The molecule has 3 nitrogen and oxygen atoms in total. The zero-order chi connectivity index (χ0) is 13.3. The van der Waals surface area contributed by atoms with Gasteiger partial charge in [-0.15, -0.1) is 0 Å². The van der Waals surface area contributed by atoms with Gasteiger partial charge in [0.25, 0.3) is 0 Å². The molecular formula is C15H22N2O. The molecular weight excluding hydrogens is 224 g/mol. The largest absolute Gasteiger partial charge is 0.399 e. The summed E-state index contributed by atoms with van der Waals surface area (Å²) in [4.78, 5) is 14.5.